The second-order valence-electron chi connectivity index (χ2n) is 5.58. The molecule has 0 aliphatic carbocycles. The van der Waals surface area contributed by atoms with E-state index < -0.39 is 0 Å². The van der Waals surface area contributed by atoms with Crippen LogP contribution in [0.25, 0.3) is 10.9 Å². The zero-order valence-electron chi connectivity index (χ0n) is 12.4. The minimum atomic E-state index is -0.363. The lowest BCUT2D eigenvalue weighted by atomic mass is 9.93. The number of nitrogens with one attached hydrogen (secondary N) is 2. The van der Waals surface area contributed by atoms with Crippen LogP contribution in [-0.4, -0.2) is 24.1 Å². The average Bonchev–Trinajstić information content (AvgIpc) is 3.16. The van der Waals surface area contributed by atoms with Gasteiger partial charge in [0.05, 0.1) is 17.5 Å². The number of aromatic nitrogens is 1. The molecule has 2 N–H and O–H groups in total. The Bertz CT molecular complexity index is 886. The molecule has 0 radical (unpaired) electrons. The van der Waals surface area contributed by atoms with Crippen molar-refractivity contribution in [3.63, 3.8) is 0 Å². The Labute approximate surface area is 142 Å². The minimum Gasteiger partial charge on any atom is -0.468 e. The first kappa shape index (κ1) is 14.8. The summed E-state index contributed by atoms with van der Waals surface area (Å²) in [6.07, 6.45) is 0.613. The molecule has 4 rings (SSSR count). The van der Waals surface area contributed by atoms with Crippen molar-refractivity contribution in [2.24, 2.45) is 0 Å². The maximum atomic E-state index is 12.1. The number of fused-ring (bicyclic) bond motifs is 3. The second-order valence-corrected chi connectivity index (χ2v) is 7.33. The van der Waals surface area contributed by atoms with Gasteiger partial charge < -0.3 is 9.72 Å². The van der Waals surface area contributed by atoms with Gasteiger partial charge in [-0.1, -0.05) is 29.8 Å². The van der Waals surface area contributed by atoms with E-state index >= 15 is 0 Å². The number of halogens is 1. The third kappa shape index (κ3) is 2.45. The summed E-state index contributed by atoms with van der Waals surface area (Å²) < 4.78 is 5.68. The van der Waals surface area contributed by atoms with Gasteiger partial charge in [-0.15, -0.1) is 11.3 Å². The highest BCUT2D eigenvalue weighted by Crippen LogP contribution is 2.38. The molecule has 0 amide bonds. The van der Waals surface area contributed by atoms with Gasteiger partial charge in [0.25, 0.3) is 0 Å². The van der Waals surface area contributed by atoms with Crippen molar-refractivity contribution in [3.8, 4) is 0 Å². The predicted molar refractivity (Wildman–Crippen MR) is 92.1 cm³/mol. The van der Waals surface area contributed by atoms with Gasteiger partial charge in [-0.05, 0) is 23.8 Å². The number of para-hydroxylation sites is 1. The van der Waals surface area contributed by atoms with E-state index in [1.807, 2.05) is 24.3 Å². The molecule has 2 atom stereocenters. The van der Waals surface area contributed by atoms with Crippen molar-refractivity contribution in [1.29, 1.82) is 0 Å². The summed E-state index contributed by atoms with van der Waals surface area (Å²) in [4.78, 5) is 16.7. The van der Waals surface area contributed by atoms with E-state index in [0.29, 0.717) is 6.42 Å². The number of benzene rings is 1. The summed E-state index contributed by atoms with van der Waals surface area (Å²) in [5, 5.41) is 4.55. The lowest BCUT2D eigenvalue weighted by Crippen LogP contribution is -2.45. The molecule has 1 aliphatic heterocycles. The smallest absolute Gasteiger partial charge is 0.323 e. The monoisotopic (exact) mass is 346 g/mol. The van der Waals surface area contributed by atoms with E-state index in [9.17, 15) is 4.79 Å². The lowest BCUT2D eigenvalue weighted by molar-refractivity contribution is -0.143. The van der Waals surface area contributed by atoms with E-state index in [4.69, 9.17) is 16.3 Å². The van der Waals surface area contributed by atoms with Gasteiger partial charge in [-0.2, -0.15) is 0 Å². The molecule has 23 heavy (non-hydrogen) atoms. The summed E-state index contributed by atoms with van der Waals surface area (Å²) in [6.45, 7) is 0. The molecule has 2 aromatic heterocycles. The number of carbonyl (C=O) groups is 1. The number of H-pyrrole nitrogens is 1. The molecule has 3 aromatic rings. The van der Waals surface area contributed by atoms with Crippen LogP contribution in [0.2, 0.25) is 4.34 Å². The Morgan fingerprint density at radius 2 is 2.13 bits per heavy atom. The Hall–Kier alpha value is -1.82. The topological polar surface area (TPSA) is 54.1 Å². The molecule has 118 valence electrons. The first-order chi connectivity index (χ1) is 11.2. The van der Waals surface area contributed by atoms with Crippen LogP contribution in [0.1, 0.15) is 22.2 Å². The fraction of sp³-hybridized carbons (Fsp3) is 0.235. The van der Waals surface area contributed by atoms with E-state index in [1.54, 1.807) is 0 Å². The summed E-state index contributed by atoms with van der Waals surface area (Å²) in [6, 6.07) is 11.6. The highest BCUT2D eigenvalue weighted by atomic mass is 35.5. The number of hydrogen-bond acceptors (Lipinski definition) is 4. The zero-order chi connectivity index (χ0) is 16.0. The standard InChI is InChI=1S/C17H15ClN2O2S/c1-22-17(21)12-8-10-9-4-2-3-5-11(9)19-15(10)16(20-12)13-6-7-14(18)23-13/h2-7,12,16,19-20H,8H2,1H3/t12-,16+/m0/s1. The SMILES string of the molecule is COC(=O)[C@@H]1Cc2c([nH]c3ccccc23)[C@@H](c2ccc(Cl)s2)N1. The van der Waals surface area contributed by atoms with Gasteiger partial charge in [-0.3, -0.25) is 10.1 Å². The molecule has 1 aromatic carbocycles. The lowest BCUT2D eigenvalue weighted by Gasteiger charge is -2.29. The van der Waals surface area contributed by atoms with Crippen molar-refractivity contribution in [3.05, 3.63) is 56.9 Å². The number of ether oxygens (including phenoxy) is 1. The van der Waals surface area contributed by atoms with E-state index in [1.165, 1.54) is 24.0 Å². The van der Waals surface area contributed by atoms with Crippen LogP contribution < -0.4 is 5.32 Å². The maximum absolute atomic E-state index is 12.1. The van der Waals surface area contributed by atoms with Crippen molar-refractivity contribution >= 4 is 39.8 Å². The van der Waals surface area contributed by atoms with E-state index in [-0.39, 0.29) is 18.1 Å². The Morgan fingerprint density at radius 3 is 2.87 bits per heavy atom. The molecule has 4 nitrogen and oxygen atoms in total. The van der Waals surface area contributed by atoms with Crippen molar-refractivity contribution in [2.45, 2.75) is 18.5 Å². The molecule has 0 spiro atoms. The van der Waals surface area contributed by atoms with Crippen LogP contribution in [0.5, 0.6) is 0 Å². The predicted octanol–water partition coefficient (Wildman–Crippen LogP) is 3.66. The summed E-state index contributed by atoms with van der Waals surface area (Å²) in [7, 11) is 1.42. The molecule has 0 fully saturated rings. The third-order valence-electron chi connectivity index (χ3n) is 4.28. The van der Waals surface area contributed by atoms with Crippen LogP contribution in [0.15, 0.2) is 36.4 Å². The molecule has 0 saturated carbocycles. The first-order valence-electron chi connectivity index (χ1n) is 7.36. The summed E-state index contributed by atoms with van der Waals surface area (Å²) >= 11 is 7.62. The number of esters is 1. The molecule has 0 bridgehead atoms. The van der Waals surface area contributed by atoms with E-state index in [0.717, 1.165) is 25.8 Å². The normalized spacial score (nSPS) is 20.4. The minimum absolute atomic E-state index is 0.0900. The first-order valence-corrected chi connectivity index (χ1v) is 8.55. The van der Waals surface area contributed by atoms with Gasteiger partial charge in [-0.25, -0.2) is 0 Å². The van der Waals surface area contributed by atoms with Gasteiger partial charge in [0, 0.05) is 27.9 Å². The number of carbonyl (C=O) groups excluding carboxylic acids is 1. The van der Waals surface area contributed by atoms with Crippen LogP contribution in [0.3, 0.4) is 0 Å². The van der Waals surface area contributed by atoms with E-state index in [2.05, 4.69) is 22.4 Å². The molecule has 1 aliphatic rings. The number of methoxy groups -OCH3 is 1. The Morgan fingerprint density at radius 1 is 1.30 bits per heavy atom. The van der Waals surface area contributed by atoms with Crippen molar-refractivity contribution in [1.82, 2.24) is 10.3 Å². The quantitative estimate of drug-likeness (QED) is 0.696. The summed E-state index contributed by atoms with van der Waals surface area (Å²) in [5.74, 6) is -0.242. The molecule has 0 unspecified atom stereocenters. The fourth-order valence-electron chi connectivity index (χ4n) is 3.24. The average molecular weight is 347 g/mol. The number of rotatable bonds is 2. The number of hydrogen-bond donors (Lipinski definition) is 2. The van der Waals surface area contributed by atoms with Crippen LogP contribution in [0, 0.1) is 0 Å². The van der Waals surface area contributed by atoms with Crippen LogP contribution in [-0.2, 0) is 16.0 Å². The second kappa shape index (κ2) is 5.67. The van der Waals surface area contributed by atoms with Gasteiger partial charge in [0.1, 0.15) is 6.04 Å². The molecular formula is C17H15ClN2O2S. The maximum Gasteiger partial charge on any atom is 0.323 e. The number of aromatic amines is 1. The molecule has 6 heteroatoms. The van der Waals surface area contributed by atoms with Crippen LogP contribution in [0.4, 0.5) is 0 Å². The largest absolute Gasteiger partial charge is 0.468 e. The van der Waals surface area contributed by atoms with Crippen LogP contribution >= 0.6 is 22.9 Å². The van der Waals surface area contributed by atoms with Crippen molar-refractivity contribution < 1.29 is 9.53 Å². The molecule has 0 saturated heterocycles. The Balaban J connectivity index is 1.87. The fourth-order valence-corrected chi connectivity index (χ4v) is 4.37. The van der Waals surface area contributed by atoms with Gasteiger partial charge in [0.15, 0.2) is 0 Å². The third-order valence-corrected chi connectivity index (χ3v) is 5.57. The molecular weight excluding hydrogens is 332 g/mol. The summed E-state index contributed by atoms with van der Waals surface area (Å²) in [5.41, 5.74) is 3.35. The van der Waals surface area contributed by atoms with Gasteiger partial charge in [0.2, 0.25) is 0 Å². The zero-order valence-corrected chi connectivity index (χ0v) is 14.0. The molecule has 3 heterocycles. The van der Waals surface area contributed by atoms with Gasteiger partial charge >= 0.3 is 5.97 Å². The highest BCUT2D eigenvalue weighted by Gasteiger charge is 2.34. The van der Waals surface area contributed by atoms with Crippen molar-refractivity contribution in [2.75, 3.05) is 7.11 Å². The Kier molecular flexibility index (Phi) is 3.64. The highest BCUT2D eigenvalue weighted by molar-refractivity contribution is 7.16. The number of thiophene rings is 1.